The second-order valence-electron chi connectivity index (χ2n) is 14.3. The Bertz CT molecular complexity index is 2920. The number of hydrogen-bond acceptors (Lipinski definition) is 2. The van der Waals surface area contributed by atoms with Gasteiger partial charge in [0.05, 0.1) is 33.5 Å². The molecular weight excluding hydrogens is 681 g/mol. The predicted molar refractivity (Wildman–Crippen MR) is 232 cm³/mol. The lowest BCUT2D eigenvalue weighted by atomic mass is 10.0. The van der Waals surface area contributed by atoms with Crippen molar-refractivity contribution in [3.05, 3.63) is 207 Å². The monoisotopic (exact) mass is 714 g/mol. The van der Waals surface area contributed by atoms with Crippen LogP contribution in [-0.4, -0.2) is 19.1 Å². The summed E-state index contributed by atoms with van der Waals surface area (Å²) in [6.45, 7) is 0. The van der Waals surface area contributed by atoms with Gasteiger partial charge in [0, 0.05) is 44.0 Å². The standard InChI is InChI=1S/C52H34N4/c1-5-19-49-43(15-1)44-16-2-6-20-50(44)55(49)41-13-9-11-39(31-41)35-23-27-37(28-24-35)47-33-48(54-34-53-47)38-29-25-36(26-30-38)40-12-10-14-42(32-40)56-51-21-7-3-17-45(51)46-18-4-8-22-52(46)56/h1-34H. The molecule has 0 amide bonds. The molecule has 262 valence electrons. The zero-order valence-corrected chi connectivity index (χ0v) is 30.4. The topological polar surface area (TPSA) is 35.6 Å². The van der Waals surface area contributed by atoms with Gasteiger partial charge in [0.1, 0.15) is 6.33 Å². The Labute approximate surface area is 324 Å². The fraction of sp³-hybridized carbons (Fsp3) is 0. The van der Waals surface area contributed by atoms with E-state index in [0.29, 0.717) is 0 Å². The molecule has 0 atom stereocenters. The minimum absolute atomic E-state index is 0.892. The van der Waals surface area contributed by atoms with Gasteiger partial charge in [0.15, 0.2) is 0 Å². The lowest BCUT2D eigenvalue weighted by Gasteiger charge is -2.11. The highest BCUT2D eigenvalue weighted by molar-refractivity contribution is 6.10. The lowest BCUT2D eigenvalue weighted by Crippen LogP contribution is -1.94. The van der Waals surface area contributed by atoms with Crippen LogP contribution in [0.3, 0.4) is 0 Å². The average Bonchev–Trinajstić information content (AvgIpc) is 3.80. The van der Waals surface area contributed by atoms with Crippen LogP contribution in [0.25, 0.3) is 99.8 Å². The molecule has 0 saturated heterocycles. The Hall–Kier alpha value is -7.56. The van der Waals surface area contributed by atoms with Gasteiger partial charge in [0.25, 0.3) is 0 Å². The highest BCUT2D eigenvalue weighted by Gasteiger charge is 2.14. The Kier molecular flexibility index (Phi) is 7.46. The van der Waals surface area contributed by atoms with Crippen molar-refractivity contribution in [3.8, 4) is 56.1 Å². The van der Waals surface area contributed by atoms with Crippen molar-refractivity contribution in [2.75, 3.05) is 0 Å². The fourth-order valence-electron chi connectivity index (χ4n) is 8.39. The molecule has 3 heterocycles. The Morgan fingerprint density at radius 2 is 0.607 bits per heavy atom. The molecule has 56 heavy (non-hydrogen) atoms. The van der Waals surface area contributed by atoms with Gasteiger partial charge < -0.3 is 9.13 Å². The maximum atomic E-state index is 4.67. The Morgan fingerprint density at radius 3 is 0.982 bits per heavy atom. The molecule has 4 heteroatoms. The van der Waals surface area contributed by atoms with Gasteiger partial charge in [-0.1, -0.05) is 146 Å². The molecule has 11 aromatic rings. The quantitative estimate of drug-likeness (QED) is 0.172. The van der Waals surface area contributed by atoms with Crippen molar-refractivity contribution >= 4 is 43.6 Å². The number of hydrogen-bond donors (Lipinski definition) is 0. The number of rotatable bonds is 6. The second-order valence-corrected chi connectivity index (χ2v) is 14.3. The highest BCUT2D eigenvalue weighted by Crippen LogP contribution is 2.36. The van der Waals surface area contributed by atoms with Crippen molar-refractivity contribution in [3.63, 3.8) is 0 Å². The zero-order valence-electron chi connectivity index (χ0n) is 30.4. The summed E-state index contributed by atoms with van der Waals surface area (Å²) in [6.07, 6.45) is 1.66. The number of fused-ring (bicyclic) bond motifs is 6. The number of para-hydroxylation sites is 4. The first kappa shape index (κ1) is 31.9. The molecular formula is C52H34N4. The maximum Gasteiger partial charge on any atom is 0.116 e. The predicted octanol–water partition coefficient (Wildman–Crippen LogP) is 13.3. The molecule has 0 aliphatic rings. The van der Waals surface area contributed by atoms with Gasteiger partial charge in [-0.25, -0.2) is 9.97 Å². The molecule has 0 aliphatic carbocycles. The number of aromatic nitrogens is 4. The van der Waals surface area contributed by atoms with Crippen LogP contribution < -0.4 is 0 Å². The SMILES string of the molecule is c1cc(-c2ccc(-c3cc(-c4ccc(-c5cccc(-n6c7ccccc7c7ccccc76)c5)cc4)ncn3)cc2)cc(-n2c3ccccc3c3ccccc32)c1. The van der Waals surface area contributed by atoms with Crippen LogP contribution in [0.1, 0.15) is 0 Å². The van der Waals surface area contributed by atoms with Crippen molar-refractivity contribution in [1.29, 1.82) is 0 Å². The second kappa shape index (κ2) is 13.1. The van der Waals surface area contributed by atoms with Crippen LogP contribution in [0, 0.1) is 0 Å². The molecule has 0 saturated carbocycles. The third kappa shape index (κ3) is 5.31. The van der Waals surface area contributed by atoms with Crippen molar-refractivity contribution in [2.24, 2.45) is 0 Å². The van der Waals surface area contributed by atoms with Crippen LogP contribution in [0.4, 0.5) is 0 Å². The summed E-state index contributed by atoms with van der Waals surface area (Å²) >= 11 is 0. The van der Waals surface area contributed by atoms with E-state index in [1.165, 1.54) is 54.7 Å². The molecule has 0 N–H and O–H groups in total. The normalized spacial score (nSPS) is 11.6. The van der Waals surface area contributed by atoms with Gasteiger partial charge in [-0.05, 0) is 76.9 Å². The van der Waals surface area contributed by atoms with Crippen molar-refractivity contribution in [2.45, 2.75) is 0 Å². The first-order valence-electron chi connectivity index (χ1n) is 19.0. The highest BCUT2D eigenvalue weighted by atomic mass is 15.0. The molecule has 0 bridgehead atoms. The summed E-state index contributed by atoms with van der Waals surface area (Å²) in [6, 6.07) is 71.6. The molecule has 0 radical (unpaired) electrons. The van der Waals surface area contributed by atoms with Crippen LogP contribution in [0.5, 0.6) is 0 Å². The lowest BCUT2D eigenvalue weighted by molar-refractivity contribution is 1.17. The molecule has 0 spiro atoms. The van der Waals surface area contributed by atoms with E-state index < -0.39 is 0 Å². The summed E-state index contributed by atoms with van der Waals surface area (Å²) in [7, 11) is 0. The van der Waals surface area contributed by atoms with E-state index in [9.17, 15) is 0 Å². The fourth-order valence-corrected chi connectivity index (χ4v) is 8.39. The number of nitrogens with zero attached hydrogens (tertiary/aromatic N) is 4. The Balaban J connectivity index is 0.867. The van der Waals surface area contributed by atoms with Crippen molar-refractivity contribution in [1.82, 2.24) is 19.1 Å². The summed E-state index contributed by atoms with van der Waals surface area (Å²) < 4.78 is 4.73. The van der Waals surface area contributed by atoms with E-state index in [0.717, 1.165) is 45.0 Å². The van der Waals surface area contributed by atoms with Crippen molar-refractivity contribution < 1.29 is 0 Å². The molecule has 4 nitrogen and oxygen atoms in total. The minimum Gasteiger partial charge on any atom is -0.309 e. The van der Waals surface area contributed by atoms with E-state index in [4.69, 9.17) is 0 Å². The molecule has 11 rings (SSSR count). The zero-order chi connectivity index (χ0) is 37.0. The third-order valence-corrected chi connectivity index (χ3v) is 11.1. The number of benzene rings is 8. The van der Waals surface area contributed by atoms with Gasteiger partial charge in [-0.2, -0.15) is 0 Å². The van der Waals surface area contributed by atoms with Crippen LogP contribution >= 0.6 is 0 Å². The van der Waals surface area contributed by atoms with Crippen LogP contribution in [0.2, 0.25) is 0 Å². The van der Waals surface area contributed by atoms with E-state index in [2.05, 4.69) is 219 Å². The van der Waals surface area contributed by atoms with Gasteiger partial charge in [0.2, 0.25) is 0 Å². The summed E-state index contributed by atoms with van der Waals surface area (Å²) in [5.41, 5.74) is 15.7. The average molecular weight is 715 g/mol. The van der Waals surface area contributed by atoms with Gasteiger partial charge in [-0.3, -0.25) is 0 Å². The summed E-state index contributed by atoms with van der Waals surface area (Å²) in [5.74, 6) is 0. The van der Waals surface area contributed by atoms with E-state index in [-0.39, 0.29) is 0 Å². The molecule has 0 aliphatic heterocycles. The van der Waals surface area contributed by atoms with E-state index in [1.54, 1.807) is 6.33 Å². The molecule has 0 unspecified atom stereocenters. The van der Waals surface area contributed by atoms with Crippen LogP contribution in [0.15, 0.2) is 207 Å². The smallest absolute Gasteiger partial charge is 0.116 e. The maximum absolute atomic E-state index is 4.67. The Morgan fingerprint density at radius 1 is 0.268 bits per heavy atom. The first-order valence-corrected chi connectivity index (χ1v) is 19.0. The van der Waals surface area contributed by atoms with Gasteiger partial charge >= 0.3 is 0 Å². The van der Waals surface area contributed by atoms with E-state index in [1.807, 2.05) is 0 Å². The first-order chi connectivity index (χ1) is 27.8. The van der Waals surface area contributed by atoms with Gasteiger partial charge in [-0.15, -0.1) is 0 Å². The minimum atomic E-state index is 0.892. The summed E-state index contributed by atoms with van der Waals surface area (Å²) in [4.78, 5) is 9.34. The molecule has 3 aromatic heterocycles. The van der Waals surface area contributed by atoms with E-state index >= 15 is 0 Å². The molecule has 8 aromatic carbocycles. The van der Waals surface area contributed by atoms with Crippen LogP contribution in [-0.2, 0) is 0 Å². The third-order valence-electron chi connectivity index (χ3n) is 11.1. The summed E-state index contributed by atoms with van der Waals surface area (Å²) in [5, 5.41) is 5.05. The molecule has 0 fully saturated rings. The largest absolute Gasteiger partial charge is 0.309 e.